The first-order valence-corrected chi connectivity index (χ1v) is 26.6. The number of rotatable bonds is 22. The van der Waals surface area contributed by atoms with Gasteiger partial charge in [0.15, 0.2) is 0 Å². The second kappa shape index (κ2) is 35.7. The minimum absolute atomic E-state index is 0.0992. The van der Waals surface area contributed by atoms with E-state index in [9.17, 15) is 34.5 Å². The summed E-state index contributed by atoms with van der Waals surface area (Å²) >= 11 is 0. The van der Waals surface area contributed by atoms with E-state index in [-0.39, 0.29) is 55.5 Å². The van der Waals surface area contributed by atoms with E-state index in [1.54, 1.807) is 77.4 Å². The smallest absolute Gasteiger partial charge is 0.331 e. The maximum Gasteiger partial charge on any atom is 0.331 e. The first-order chi connectivity index (χ1) is 34.3. The minimum Gasteiger partial charge on any atom is -0.462 e. The van der Waals surface area contributed by atoms with Crippen molar-refractivity contribution in [2.45, 2.75) is 188 Å². The molecule has 0 bridgehead atoms. The number of likely N-dealkylation sites (N-methyl/N-ethyl adjacent to an activating group) is 2. The number of carbonyl (C=O) groups excluding carboxylic acids is 4. The van der Waals surface area contributed by atoms with Crippen LogP contribution in [-0.2, 0) is 52.3 Å². The number of aliphatic hydroxyl groups excluding tert-OH is 3. The van der Waals surface area contributed by atoms with Crippen LogP contribution in [-0.4, -0.2) is 173 Å². The zero-order valence-corrected chi connectivity index (χ0v) is 47.9. The highest BCUT2D eigenvalue weighted by Crippen LogP contribution is 2.32. The second-order valence-corrected chi connectivity index (χ2v) is 21.4. The zero-order chi connectivity index (χ0) is 55.5. The lowest BCUT2D eigenvalue weighted by Gasteiger charge is -2.36. The Hall–Kier alpha value is -3.48. The number of nitrogens with zero attached hydrogens (tertiary/aromatic N) is 2. The molecule has 0 amide bonds. The van der Waals surface area contributed by atoms with E-state index in [4.69, 9.17) is 33.2 Å². The minimum atomic E-state index is -0.952. The highest BCUT2D eigenvalue weighted by molar-refractivity contribution is 5.82. The number of hydrogen-bond acceptors (Lipinski definition) is 16. The van der Waals surface area contributed by atoms with Gasteiger partial charge < -0.3 is 48.5 Å². The van der Waals surface area contributed by atoms with Gasteiger partial charge in [-0.2, -0.15) is 0 Å². The molecule has 3 N–H and O–H groups in total. The van der Waals surface area contributed by atoms with Gasteiger partial charge in [-0.05, 0) is 116 Å². The number of ether oxygens (including phenoxy) is 7. The molecular formula is C57H100N2O14. The summed E-state index contributed by atoms with van der Waals surface area (Å²) in [7, 11) is 12.0. The number of carbonyl (C=O) groups is 4. The molecular weight excluding hydrogens is 937 g/mol. The lowest BCUT2D eigenvalue weighted by Crippen LogP contribution is -2.44. The fourth-order valence-corrected chi connectivity index (χ4v) is 9.39. The molecule has 0 aliphatic carbocycles. The molecule has 16 nitrogen and oxygen atoms in total. The average molecular weight is 1040 g/mol. The van der Waals surface area contributed by atoms with Crippen LogP contribution in [0.4, 0.5) is 0 Å². The highest BCUT2D eigenvalue weighted by atomic mass is 16.6. The first kappa shape index (κ1) is 67.5. The van der Waals surface area contributed by atoms with Crippen LogP contribution in [0.5, 0.6) is 0 Å². The zero-order valence-electron chi connectivity index (χ0n) is 47.9. The third kappa shape index (κ3) is 24.4. The van der Waals surface area contributed by atoms with Crippen LogP contribution in [0.1, 0.15) is 127 Å². The fourth-order valence-electron chi connectivity index (χ4n) is 9.39. The predicted octanol–water partition coefficient (Wildman–Crippen LogP) is 7.52. The van der Waals surface area contributed by atoms with Gasteiger partial charge in [0.05, 0.1) is 31.0 Å². The number of cyclic esters (lactones) is 1. The van der Waals surface area contributed by atoms with Crippen molar-refractivity contribution in [2.24, 2.45) is 41.4 Å². The molecule has 0 saturated heterocycles. The molecule has 73 heavy (non-hydrogen) atoms. The summed E-state index contributed by atoms with van der Waals surface area (Å²) in [6, 6.07) is -1.20. The summed E-state index contributed by atoms with van der Waals surface area (Å²) in [5.41, 5.74) is 1.11. The monoisotopic (exact) mass is 1040 g/mol. The van der Waals surface area contributed by atoms with Gasteiger partial charge in [0, 0.05) is 71.5 Å². The molecule has 0 spiro atoms. The Balaban J connectivity index is 3.66. The van der Waals surface area contributed by atoms with E-state index < -0.39 is 90.3 Å². The summed E-state index contributed by atoms with van der Waals surface area (Å²) in [6.45, 7) is 18.8. The molecule has 1 aliphatic heterocycles. The van der Waals surface area contributed by atoms with Gasteiger partial charge in [-0.15, -0.1) is 0 Å². The van der Waals surface area contributed by atoms with Crippen molar-refractivity contribution in [3.05, 3.63) is 48.1 Å². The van der Waals surface area contributed by atoms with Gasteiger partial charge in [-0.1, -0.05) is 84.9 Å². The number of hydrogen-bond donors (Lipinski definition) is 3. The Morgan fingerprint density at radius 2 is 1.51 bits per heavy atom. The van der Waals surface area contributed by atoms with Gasteiger partial charge in [-0.25, -0.2) is 4.79 Å². The largest absolute Gasteiger partial charge is 0.462 e. The number of esters is 4. The Kier molecular flexibility index (Phi) is 33.0. The maximum atomic E-state index is 13.6. The molecule has 1 heterocycles. The van der Waals surface area contributed by atoms with E-state index in [0.717, 1.165) is 18.4 Å². The number of allylic oxidation sites excluding steroid dienone is 3. The quantitative estimate of drug-likeness (QED) is 0.0546. The molecule has 1 rings (SSSR count). The van der Waals surface area contributed by atoms with Crippen molar-refractivity contribution in [1.29, 1.82) is 0 Å². The van der Waals surface area contributed by atoms with E-state index >= 15 is 0 Å². The van der Waals surface area contributed by atoms with Crippen LogP contribution in [0.2, 0.25) is 0 Å². The predicted molar refractivity (Wildman–Crippen MR) is 285 cm³/mol. The van der Waals surface area contributed by atoms with Crippen LogP contribution in [0.25, 0.3) is 0 Å². The molecule has 0 saturated carbocycles. The van der Waals surface area contributed by atoms with Gasteiger partial charge in [0.2, 0.25) is 0 Å². The Bertz CT molecular complexity index is 1720. The third-order valence-corrected chi connectivity index (χ3v) is 15.0. The van der Waals surface area contributed by atoms with Crippen molar-refractivity contribution >= 4 is 23.9 Å². The lowest BCUT2D eigenvalue weighted by atomic mass is 9.82. The van der Waals surface area contributed by atoms with E-state index in [1.165, 1.54) is 20.1 Å². The van der Waals surface area contributed by atoms with Crippen LogP contribution in [0.15, 0.2) is 48.1 Å². The van der Waals surface area contributed by atoms with E-state index in [0.29, 0.717) is 38.5 Å². The molecule has 17 atom stereocenters. The normalized spacial score (nSPS) is 29.3. The average Bonchev–Trinajstić information content (AvgIpc) is 3.34. The van der Waals surface area contributed by atoms with Crippen molar-refractivity contribution in [3.63, 3.8) is 0 Å². The lowest BCUT2D eigenvalue weighted by molar-refractivity contribution is -0.167. The molecule has 0 aromatic carbocycles. The Morgan fingerprint density at radius 1 is 0.836 bits per heavy atom. The molecule has 3 unspecified atom stereocenters. The SMILES string of the molecule is COCC(C(=O)OC1C/C=C/C=C/C(=O)O[C@H]([C@@H](C)[C@@H](O)[C@@H](C)CC[C@@H](OC(=O)C(C)N(C)C)[C@H](C)[C@H](OC(C)=O)[C@H](C)CCO)C/C=C/[C@H](OC)C[C@H](C)C/C=C(\C)[C@@H](OC)CC[C@@H](C)[C@@H](O)[C@@H]1C)N(C)C. The first-order valence-electron chi connectivity index (χ1n) is 26.6. The van der Waals surface area contributed by atoms with Crippen LogP contribution in [0.3, 0.4) is 0 Å². The summed E-state index contributed by atoms with van der Waals surface area (Å²) < 4.78 is 41.3. The fraction of sp³-hybridized carbons (Fsp3) is 0.789. The summed E-state index contributed by atoms with van der Waals surface area (Å²) in [6.07, 6.45) is 12.2. The standard InChI is InChI=1S/C57H100N2O14/c1-36-26-27-37(2)48(69-17)30-28-38(3)54(64)42(7)50(73-57(66)47(35-67-15)59(13)14)23-19-18-20-25-52(62)71-49(24-21-22-46(34-36)68-16)41(6)53(63)39(4)29-31-51(72-56(65)44(9)58(11)12)43(8)55(70-45(10)61)40(5)32-33-60/h18-22,25,27,36,38-44,46-51,53-55,60,63-64H,23-24,26,28-35H2,1-17H3/b19-18+,22-21+,25-20+,37-27+/t36-,38-,39+,40-,41-,42-,43+,44?,46+,47?,48+,49+,50?,51-,53+,54-,55-/m1/s1. The molecule has 0 radical (unpaired) electrons. The topological polar surface area (TPSA) is 200 Å². The molecule has 0 fully saturated rings. The summed E-state index contributed by atoms with van der Waals surface area (Å²) in [5, 5.41) is 33.5. The third-order valence-electron chi connectivity index (χ3n) is 15.0. The van der Waals surface area contributed by atoms with E-state index in [1.807, 2.05) is 53.7 Å². The second-order valence-electron chi connectivity index (χ2n) is 21.4. The van der Waals surface area contributed by atoms with Crippen LogP contribution >= 0.6 is 0 Å². The van der Waals surface area contributed by atoms with E-state index in [2.05, 4.69) is 19.9 Å². The van der Waals surface area contributed by atoms with Gasteiger partial charge >= 0.3 is 23.9 Å². The Labute approximate surface area is 440 Å². The number of aliphatic hydroxyl groups is 3. The van der Waals surface area contributed by atoms with Crippen molar-refractivity contribution < 1.29 is 67.7 Å². The highest BCUT2D eigenvalue weighted by Gasteiger charge is 2.38. The van der Waals surface area contributed by atoms with Crippen molar-refractivity contribution in [2.75, 3.05) is 62.7 Å². The van der Waals surface area contributed by atoms with Crippen LogP contribution in [0, 0.1) is 41.4 Å². The molecule has 0 aromatic rings. The number of methoxy groups -OCH3 is 3. The molecule has 1 aliphatic rings. The Morgan fingerprint density at radius 3 is 2.08 bits per heavy atom. The molecule has 0 aromatic heterocycles. The van der Waals surface area contributed by atoms with Gasteiger partial charge in [0.25, 0.3) is 0 Å². The van der Waals surface area contributed by atoms with Crippen LogP contribution < -0.4 is 0 Å². The van der Waals surface area contributed by atoms with Crippen molar-refractivity contribution in [1.82, 2.24) is 9.80 Å². The molecule has 422 valence electrons. The summed E-state index contributed by atoms with van der Waals surface area (Å²) in [4.78, 5) is 56.3. The van der Waals surface area contributed by atoms with Gasteiger partial charge in [0.1, 0.15) is 36.5 Å². The maximum absolute atomic E-state index is 13.6. The van der Waals surface area contributed by atoms with Gasteiger partial charge in [-0.3, -0.25) is 24.2 Å². The summed E-state index contributed by atoms with van der Waals surface area (Å²) in [5.74, 6) is -3.89. The van der Waals surface area contributed by atoms with Crippen molar-refractivity contribution in [3.8, 4) is 0 Å². The molecule has 16 heteroatoms.